The van der Waals surface area contributed by atoms with Gasteiger partial charge in [-0.25, -0.2) is 0 Å². The van der Waals surface area contributed by atoms with Crippen molar-refractivity contribution in [2.24, 2.45) is 0 Å². The van der Waals surface area contributed by atoms with Gasteiger partial charge >= 0.3 is 0 Å². The Morgan fingerprint density at radius 1 is 1.03 bits per heavy atom. The molecule has 0 saturated heterocycles. The molecule has 0 fully saturated rings. The van der Waals surface area contributed by atoms with Gasteiger partial charge in [0.2, 0.25) is 0 Å². The number of hydrogen-bond acceptors (Lipinski definition) is 4. The van der Waals surface area contributed by atoms with Crippen molar-refractivity contribution in [3.63, 3.8) is 0 Å². The number of nitriles is 1. The molecule has 0 aliphatic heterocycles. The number of halogens is 2. The Balaban J connectivity index is 1.56. The van der Waals surface area contributed by atoms with Gasteiger partial charge in [-0.05, 0) is 59.4 Å². The van der Waals surface area contributed by atoms with Crippen LogP contribution in [0.5, 0.6) is 11.5 Å². The number of amides is 1. The minimum atomic E-state index is -0.483. The van der Waals surface area contributed by atoms with E-state index in [-0.39, 0.29) is 22.2 Å². The van der Waals surface area contributed by atoms with E-state index in [1.807, 2.05) is 48.5 Å². The van der Waals surface area contributed by atoms with Gasteiger partial charge in [0.1, 0.15) is 30.6 Å². The molecule has 0 radical (unpaired) electrons. The van der Waals surface area contributed by atoms with Gasteiger partial charge in [-0.3, -0.25) is 4.79 Å². The Kier molecular flexibility index (Phi) is 10.2. The number of hydrogen-bond donors (Lipinski definition) is 1. The zero-order chi connectivity index (χ0) is 25.9. The third-order valence-electron chi connectivity index (χ3n) is 5.65. The molecular weight excluding hydrogens is 495 g/mol. The second-order valence-electron chi connectivity index (χ2n) is 8.23. The fourth-order valence-electron chi connectivity index (χ4n) is 3.42. The van der Waals surface area contributed by atoms with Crippen LogP contribution in [0.3, 0.4) is 0 Å². The van der Waals surface area contributed by atoms with E-state index in [1.165, 1.54) is 11.6 Å². The average molecular weight is 523 g/mol. The third kappa shape index (κ3) is 7.78. The van der Waals surface area contributed by atoms with E-state index in [9.17, 15) is 10.1 Å². The van der Waals surface area contributed by atoms with Crippen LogP contribution in [0.25, 0.3) is 6.08 Å². The van der Waals surface area contributed by atoms with Crippen LogP contribution in [-0.4, -0.2) is 19.1 Å². The van der Waals surface area contributed by atoms with Crippen molar-refractivity contribution in [1.29, 1.82) is 5.26 Å². The number of benzene rings is 3. The minimum absolute atomic E-state index is 0.0560. The van der Waals surface area contributed by atoms with Gasteiger partial charge in [-0.2, -0.15) is 5.26 Å². The van der Waals surface area contributed by atoms with Crippen molar-refractivity contribution in [2.45, 2.75) is 32.7 Å². The second-order valence-corrected chi connectivity index (χ2v) is 9.04. The summed E-state index contributed by atoms with van der Waals surface area (Å²) in [5.41, 5.74) is 2.67. The van der Waals surface area contributed by atoms with Crippen molar-refractivity contribution < 1.29 is 14.3 Å². The Bertz CT molecular complexity index is 1210. The fraction of sp³-hybridized carbons (Fsp3) is 0.241. The molecule has 0 spiro atoms. The Morgan fingerprint density at radius 3 is 2.28 bits per heavy atom. The van der Waals surface area contributed by atoms with E-state index in [0.717, 1.165) is 17.7 Å². The molecule has 3 rings (SSSR count). The summed E-state index contributed by atoms with van der Waals surface area (Å²) in [6, 6.07) is 22.6. The van der Waals surface area contributed by atoms with Gasteiger partial charge in [0, 0.05) is 6.54 Å². The van der Waals surface area contributed by atoms with Crippen LogP contribution in [0.1, 0.15) is 42.9 Å². The Morgan fingerprint density at radius 2 is 1.67 bits per heavy atom. The SMILES string of the molecule is CC[C@@H](C)c1ccc(OCCOc2c(Cl)cc(/C=C(\C#N)C(=O)NCc3ccccc3)cc2Cl)cc1. The lowest BCUT2D eigenvalue weighted by molar-refractivity contribution is -0.117. The second kappa shape index (κ2) is 13.6. The van der Waals surface area contributed by atoms with Crippen LogP contribution < -0.4 is 14.8 Å². The molecule has 3 aromatic carbocycles. The first-order valence-electron chi connectivity index (χ1n) is 11.7. The number of carbonyl (C=O) groups is 1. The molecule has 0 saturated carbocycles. The minimum Gasteiger partial charge on any atom is -0.490 e. The lowest BCUT2D eigenvalue weighted by Gasteiger charge is -2.13. The van der Waals surface area contributed by atoms with Crippen LogP contribution in [0.2, 0.25) is 10.0 Å². The molecule has 36 heavy (non-hydrogen) atoms. The summed E-state index contributed by atoms with van der Waals surface area (Å²) in [4.78, 5) is 12.4. The first-order chi connectivity index (χ1) is 17.4. The first kappa shape index (κ1) is 27.1. The van der Waals surface area contributed by atoms with Gasteiger partial charge in [-0.1, -0.05) is 79.5 Å². The lowest BCUT2D eigenvalue weighted by atomic mass is 9.99. The topological polar surface area (TPSA) is 71.3 Å². The third-order valence-corrected chi connectivity index (χ3v) is 6.21. The highest BCUT2D eigenvalue weighted by Gasteiger charge is 2.13. The molecule has 186 valence electrons. The first-order valence-corrected chi connectivity index (χ1v) is 12.4. The van der Waals surface area contributed by atoms with Crippen molar-refractivity contribution in [3.05, 3.63) is 99.0 Å². The number of rotatable bonds is 11. The van der Waals surface area contributed by atoms with Crippen molar-refractivity contribution >= 4 is 35.2 Å². The largest absolute Gasteiger partial charge is 0.490 e. The predicted molar refractivity (Wildman–Crippen MR) is 144 cm³/mol. The molecule has 7 heteroatoms. The lowest BCUT2D eigenvalue weighted by Crippen LogP contribution is -2.23. The zero-order valence-electron chi connectivity index (χ0n) is 20.3. The molecule has 0 unspecified atom stereocenters. The highest BCUT2D eigenvalue weighted by Crippen LogP contribution is 2.35. The van der Waals surface area contributed by atoms with Gasteiger partial charge < -0.3 is 14.8 Å². The maximum atomic E-state index is 12.4. The molecule has 1 atom stereocenters. The summed E-state index contributed by atoms with van der Waals surface area (Å²) in [6.45, 7) is 5.24. The molecular formula is C29H28Cl2N2O3. The summed E-state index contributed by atoms with van der Waals surface area (Å²) < 4.78 is 11.5. The number of ether oxygens (including phenoxy) is 2. The normalized spacial score (nSPS) is 11.9. The van der Waals surface area contributed by atoms with Crippen molar-refractivity contribution in [3.8, 4) is 17.6 Å². The van der Waals surface area contributed by atoms with Crippen LogP contribution in [0.15, 0.2) is 72.3 Å². The molecule has 3 aromatic rings. The van der Waals surface area contributed by atoms with E-state index >= 15 is 0 Å². The Labute approximate surface area is 222 Å². The van der Waals surface area contributed by atoms with Gasteiger partial charge in [0.05, 0.1) is 10.0 Å². The summed E-state index contributed by atoms with van der Waals surface area (Å²) >= 11 is 12.8. The fourth-order valence-corrected chi connectivity index (χ4v) is 4.03. The number of nitrogens with one attached hydrogen (secondary N) is 1. The van der Waals surface area contributed by atoms with Crippen molar-refractivity contribution in [1.82, 2.24) is 5.32 Å². The molecule has 0 aliphatic rings. The van der Waals surface area contributed by atoms with Crippen LogP contribution >= 0.6 is 23.2 Å². The number of nitrogens with zero attached hydrogens (tertiary/aromatic N) is 1. The predicted octanol–water partition coefficient (Wildman–Crippen LogP) is 7.19. The van der Waals surface area contributed by atoms with Crippen LogP contribution in [0, 0.1) is 11.3 Å². The summed E-state index contributed by atoms with van der Waals surface area (Å²) in [5, 5.41) is 12.7. The standard InChI is InChI=1S/C29H28Cl2N2O3/c1-3-20(2)23-9-11-25(12-10-23)35-13-14-36-28-26(30)16-22(17-27(28)31)15-24(18-32)29(34)33-19-21-7-5-4-6-8-21/h4-12,15-17,20H,3,13-14,19H2,1-2H3,(H,33,34)/b24-15+/t20-/m1/s1. The Hall–Kier alpha value is -3.46. The van der Waals surface area contributed by atoms with E-state index in [4.69, 9.17) is 32.7 Å². The maximum absolute atomic E-state index is 12.4. The average Bonchev–Trinajstić information content (AvgIpc) is 2.90. The molecule has 5 nitrogen and oxygen atoms in total. The monoisotopic (exact) mass is 522 g/mol. The molecule has 1 N–H and O–H groups in total. The molecule has 0 bridgehead atoms. The highest BCUT2D eigenvalue weighted by atomic mass is 35.5. The molecule has 0 aromatic heterocycles. The van der Waals surface area contributed by atoms with Crippen LogP contribution in [0.4, 0.5) is 0 Å². The number of carbonyl (C=O) groups excluding carboxylic acids is 1. The summed E-state index contributed by atoms with van der Waals surface area (Å²) in [6.07, 6.45) is 2.53. The zero-order valence-corrected chi connectivity index (χ0v) is 21.8. The van der Waals surface area contributed by atoms with E-state index < -0.39 is 5.91 Å². The van der Waals surface area contributed by atoms with E-state index in [1.54, 1.807) is 12.1 Å². The summed E-state index contributed by atoms with van der Waals surface area (Å²) in [7, 11) is 0. The van der Waals surface area contributed by atoms with Gasteiger partial charge in [0.25, 0.3) is 5.91 Å². The summed E-state index contributed by atoms with van der Waals surface area (Å²) in [5.74, 6) is 1.11. The highest BCUT2D eigenvalue weighted by molar-refractivity contribution is 6.37. The molecule has 1 amide bonds. The van der Waals surface area contributed by atoms with Crippen molar-refractivity contribution in [2.75, 3.05) is 13.2 Å². The maximum Gasteiger partial charge on any atom is 0.262 e. The van der Waals surface area contributed by atoms with E-state index in [0.29, 0.717) is 30.4 Å². The van der Waals surface area contributed by atoms with E-state index in [2.05, 4.69) is 31.3 Å². The molecule has 0 heterocycles. The van der Waals surface area contributed by atoms with Gasteiger partial charge in [-0.15, -0.1) is 0 Å². The van der Waals surface area contributed by atoms with Gasteiger partial charge in [0.15, 0.2) is 5.75 Å². The quantitative estimate of drug-likeness (QED) is 0.164. The van der Waals surface area contributed by atoms with Crippen LogP contribution in [-0.2, 0) is 11.3 Å². The molecule has 0 aliphatic carbocycles. The smallest absolute Gasteiger partial charge is 0.262 e.